The SMILES string of the molecule is O=C(N[C@H](Cc1ccc(Cl)cc1Cl)C(=O)O)OCc1ccccc1. The Bertz CT molecular complexity index is 722. The van der Waals surface area contributed by atoms with Crippen molar-refractivity contribution in [3.8, 4) is 0 Å². The van der Waals surface area contributed by atoms with Crippen LogP contribution in [-0.2, 0) is 22.6 Å². The van der Waals surface area contributed by atoms with E-state index in [2.05, 4.69) is 5.32 Å². The van der Waals surface area contributed by atoms with E-state index in [1.807, 2.05) is 18.2 Å². The lowest BCUT2D eigenvalue weighted by Gasteiger charge is -2.15. The van der Waals surface area contributed by atoms with E-state index < -0.39 is 18.1 Å². The molecule has 0 aliphatic heterocycles. The molecule has 24 heavy (non-hydrogen) atoms. The van der Waals surface area contributed by atoms with E-state index in [1.165, 1.54) is 6.07 Å². The van der Waals surface area contributed by atoms with Crippen molar-refractivity contribution < 1.29 is 19.4 Å². The quantitative estimate of drug-likeness (QED) is 0.811. The summed E-state index contributed by atoms with van der Waals surface area (Å²) in [5.41, 5.74) is 1.37. The second-order valence-electron chi connectivity index (χ2n) is 5.04. The molecule has 1 atom stereocenters. The lowest BCUT2D eigenvalue weighted by atomic mass is 10.1. The number of carboxylic acids is 1. The molecular formula is C17H15Cl2NO4. The topological polar surface area (TPSA) is 75.6 Å². The molecule has 0 aliphatic rings. The van der Waals surface area contributed by atoms with E-state index in [-0.39, 0.29) is 13.0 Å². The van der Waals surface area contributed by atoms with E-state index in [4.69, 9.17) is 27.9 Å². The van der Waals surface area contributed by atoms with Crippen molar-refractivity contribution in [3.63, 3.8) is 0 Å². The maximum Gasteiger partial charge on any atom is 0.408 e. The Balaban J connectivity index is 1.95. The number of ether oxygens (including phenoxy) is 1. The predicted molar refractivity (Wildman–Crippen MR) is 91.4 cm³/mol. The Hall–Kier alpha value is -2.24. The summed E-state index contributed by atoms with van der Waals surface area (Å²) in [7, 11) is 0. The molecule has 5 nitrogen and oxygen atoms in total. The lowest BCUT2D eigenvalue weighted by molar-refractivity contribution is -0.139. The first-order chi connectivity index (χ1) is 11.5. The molecule has 0 radical (unpaired) electrons. The van der Waals surface area contributed by atoms with Gasteiger partial charge in [-0.05, 0) is 23.3 Å². The van der Waals surface area contributed by atoms with E-state index >= 15 is 0 Å². The summed E-state index contributed by atoms with van der Waals surface area (Å²) < 4.78 is 5.03. The van der Waals surface area contributed by atoms with E-state index in [9.17, 15) is 14.7 Å². The molecule has 0 aromatic heterocycles. The number of benzene rings is 2. The molecule has 0 spiro atoms. The van der Waals surface area contributed by atoms with E-state index in [1.54, 1.807) is 24.3 Å². The molecular weight excluding hydrogens is 353 g/mol. The first kappa shape index (κ1) is 18.1. The number of carbonyl (C=O) groups is 2. The summed E-state index contributed by atoms with van der Waals surface area (Å²) in [5, 5.41) is 12.4. The second kappa shape index (κ2) is 8.57. The number of amides is 1. The minimum absolute atomic E-state index is 0.0196. The van der Waals surface area contributed by atoms with Gasteiger partial charge in [0.2, 0.25) is 0 Å². The highest BCUT2D eigenvalue weighted by Crippen LogP contribution is 2.22. The molecule has 7 heteroatoms. The molecule has 0 aliphatic carbocycles. The van der Waals surface area contributed by atoms with Gasteiger partial charge in [0.1, 0.15) is 12.6 Å². The highest BCUT2D eigenvalue weighted by molar-refractivity contribution is 6.35. The maximum absolute atomic E-state index is 11.8. The molecule has 2 N–H and O–H groups in total. The van der Waals surface area contributed by atoms with Crippen molar-refractivity contribution in [2.45, 2.75) is 19.1 Å². The van der Waals surface area contributed by atoms with Crippen LogP contribution in [0.3, 0.4) is 0 Å². The minimum Gasteiger partial charge on any atom is -0.480 e. The Morgan fingerprint density at radius 2 is 1.83 bits per heavy atom. The third-order valence-corrected chi connectivity index (χ3v) is 3.83. The molecule has 1 amide bonds. The number of carboxylic acid groups (broad SMARTS) is 1. The van der Waals surface area contributed by atoms with Crippen LogP contribution in [0.4, 0.5) is 4.79 Å². The average molecular weight is 368 g/mol. The largest absolute Gasteiger partial charge is 0.480 e. The fourth-order valence-electron chi connectivity index (χ4n) is 2.01. The smallest absolute Gasteiger partial charge is 0.408 e. The van der Waals surface area contributed by atoms with Gasteiger partial charge < -0.3 is 15.2 Å². The summed E-state index contributed by atoms with van der Waals surface area (Å²) in [6.07, 6.45) is -0.789. The van der Waals surface area contributed by atoms with Gasteiger partial charge in [-0.1, -0.05) is 59.6 Å². The summed E-state index contributed by atoms with van der Waals surface area (Å²) in [5.74, 6) is -1.18. The van der Waals surface area contributed by atoms with Crippen molar-refractivity contribution in [1.29, 1.82) is 0 Å². The molecule has 0 saturated heterocycles. The highest BCUT2D eigenvalue weighted by Gasteiger charge is 2.22. The molecule has 2 rings (SSSR count). The zero-order valence-electron chi connectivity index (χ0n) is 12.5. The fraction of sp³-hybridized carbons (Fsp3) is 0.176. The van der Waals surface area contributed by atoms with Gasteiger partial charge in [-0.2, -0.15) is 0 Å². The number of carbonyl (C=O) groups excluding carboxylic acids is 1. The minimum atomic E-state index is -1.18. The Kier molecular flexibility index (Phi) is 6.46. The Morgan fingerprint density at radius 3 is 2.46 bits per heavy atom. The molecule has 2 aromatic carbocycles. The number of halogens is 2. The molecule has 0 heterocycles. The maximum atomic E-state index is 11.8. The number of nitrogens with one attached hydrogen (secondary N) is 1. The van der Waals surface area contributed by atoms with Crippen LogP contribution in [0, 0.1) is 0 Å². The number of alkyl carbamates (subject to hydrolysis) is 1. The fourth-order valence-corrected chi connectivity index (χ4v) is 2.50. The van der Waals surface area contributed by atoms with Gasteiger partial charge in [0.15, 0.2) is 0 Å². The highest BCUT2D eigenvalue weighted by atomic mass is 35.5. The second-order valence-corrected chi connectivity index (χ2v) is 5.88. The predicted octanol–water partition coefficient (Wildman–Crippen LogP) is 3.92. The van der Waals surface area contributed by atoms with Crippen LogP contribution < -0.4 is 5.32 Å². The summed E-state index contributed by atoms with van der Waals surface area (Å²) in [6.45, 7) is 0.0563. The zero-order valence-corrected chi connectivity index (χ0v) is 14.1. The third kappa shape index (κ3) is 5.44. The van der Waals surface area contributed by atoms with Gasteiger partial charge in [0.05, 0.1) is 0 Å². The van der Waals surface area contributed by atoms with Crippen LogP contribution in [-0.4, -0.2) is 23.2 Å². The van der Waals surface area contributed by atoms with Crippen molar-refractivity contribution in [3.05, 3.63) is 69.7 Å². The van der Waals surface area contributed by atoms with Crippen LogP contribution in [0.25, 0.3) is 0 Å². The molecule has 0 fully saturated rings. The van der Waals surface area contributed by atoms with E-state index in [0.717, 1.165) is 5.56 Å². The Labute approximate surface area is 149 Å². The van der Waals surface area contributed by atoms with Crippen LogP contribution in [0.1, 0.15) is 11.1 Å². The van der Waals surface area contributed by atoms with Gasteiger partial charge in [0, 0.05) is 16.5 Å². The molecule has 126 valence electrons. The summed E-state index contributed by atoms with van der Waals surface area (Å²) in [6, 6.07) is 12.7. The normalized spacial score (nSPS) is 11.6. The number of hydrogen-bond acceptors (Lipinski definition) is 3. The first-order valence-electron chi connectivity index (χ1n) is 7.09. The first-order valence-corrected chi connectivity index (χ1v) is 7.85. The van der Waals surface area contributed by atoms with Crippen LogP contribution in [0.5, 0.6) is 0 Å². The molecule has 0 unspecified atom stereocenters. The van der Waals surface area contributed by atoms with Crippen LogP contribution in [0.15, 0.2) is 48.5 Å². The van der Waals surface area contributed by atoms with Gasteiger partial charge >= 0.3 is 12.1 Å². The lowest BCUT2D eigenvalue weighted by Crippen LogP contribution is -2.42. The van der Waals surface area contributed by atoms with E-state index in [0.29, 0.717) is 15.6 Å². The van der Waals surface area contributed by atoms with Gasteiger partial charge in [-0.15, -0.1) is 0 Å². The van der Waals surface area contributed by atoms with Crippen molar-refractivity contribution >= 4 is 35.3 Å². The number of rotatable bonds is 6. The summed E-state index contributed by atoms with van der Waals surface area (Å²) in [4.78, 5) is 23.2. The third-order valence-electron chi connectivity index (χ3n) is 3.24. The van der Waals surface area contributed by atoms with Crippen LogP contribution >= 0.6 is 23.2 Å². The molecule has 0 saturated carbocycles. The van der Waals surface area contributed by atoms with Gasteiger partial charge in [-0.3, -0.25) is 0 Å². The monoisotopic (exact) mass is 367 g/mol. The van der Waals surface area contributed by atoms with Crippen molar-refractivity contribution in [2.24, 2.45) is 0 Å². The zero-order chi connectivity index (χ0) is 17.5. The average Bonchev–Trinajstić information content (AvgIpc) is 2.55. The molecule has 0 bridgehead atoms. The summed E-state index contributed by atoms with van der Waals surface area (Å²) >= 11 is 11.8. The molecule has 2 aromatic rings. The number of hydrogen-bond donors (Lipinski definition) is 2. The van der Waals surface area contributed by atoms with Crippen LogP contribution in [0.2, 0.25) is 10.0 Å². The van der Waals surface area contributed by atoms with Gasteiger partial charge in [-0.25, -0.2) is 9.59 Å². The number of aliphatic carboxylic acids is 1. The van der Waals surface area contributed by atoms with Gasteiger partial charge in [0.25, 0.3) is 0 Å². The standard InChI is InChI=1S/C17H15Cl2NO4/c18-13-7-6-12(14(19)9-13)8-15(16(21)22)20-17(23)24-10-11-4-2-1-3-5-11/h1-7,9,15H,8,10H2,(H,20,23)(H,21,22)/t15-/m1/s1. The van der Waals surface area contributed by atoms with Crippen molar-refractivity contribution in [2.75, 3.05) is 0 Å². The van der Waals surface area contributed by atoms with Crippen molar-refractivity contribution in [1.82, 2.24) is 5.32 Å². The Morgan fingerprint density at radius 1 is 1.12 bits per heavy atom.